The van der Waals surface area contributed by atoms with Crippen LogP contribution in [-0.4, -0.2) is 59.9 Å². The molecule has 0 spiro atoms. The van der Waals surface area contributed by atoms with Crippen molar-refractivity contribution in [2.75, 3.05) is 33.4 Å². The first-order chi connectivity index (χ1) is 20.2. The van der Waals surface area contributed by atoms with Crippen LogP contribution < -0.4 is 0 Å². The Hall–Kier alpha value is -4.11. The molecule has 0 aliphatic heterocycles. The second-order valence-corrected chi connectivity index (χ2v) is 10.2. The van der Waals surface area contributed by atoms with Crippen LogP contribution >= 0.6 is 0 Å². The first-order valence-corrected chi connectivity index (χ1v) is 14.0. The summed E-state index contributed by atoms with van der Waals surface area (Å²) >= 11 is 0. The number of para-hydroxylation sites is 1. The second-order valence-electron chi connectivity index (χ2n) is 10.2. The molecule has 0 aliphatic rings. The molecule has 0 saturated carbocycles. The summed E-state index contributed by atoms with van der Waals surface area (Å²) in [6.07, 6.45) is -1.44. The van der Waals surface area contributed by atoms with Crippen LogP contribution in [0.3, 0.4) is 0 Å². The number of alkyl halides is 3. The zero-order valence-corrected chi connectivity index (χ0v) is 23.9. The fourth-order valence-electron chi connectivity index (χ4n) is 5.10. The average Bonchev–Trinajstić information content (AvgIpc) is 3.41. The number of carbonyl (C=O) groups is 2. The van der Waals surface area contributed by atoms with Crippen molar-refractivity contribution in [1.29, 1.82) is 0 Å². The van der Waals surface area contributed by atoms with Gasteiger partial charge in [0.1, 0.15) is 0 Å². The molecular weight excluding hydrogens is 543 g/mol. The van der Waals surface area contributed by atoms with E-state index in [0.29, 0.717) is 24.9 Å². The predicted molar refractivity (Wildman–Crippen MR) is 157 cm³/mol. The summed E-state index contributed by atoms with van der Waals surface area (Å²) in [5.41, 5.74) is 2.71. The van der Waals surface area contributed by atoms with Crippen LogP contribution in [0.5, 0.6) is 0 Å². The third kappa shape index (κ3) is 7.79. The number of carbonyl (C=O) groups excluding carboxylic acids is 2. The number of hydrogen-bond donors (Lipinski definition) is 1. The van der Waals surface area contributed by atoms with Gasteiger partial charge in [-0.05, 0) is 47.7 Å². The van der Waals surface area contributed by atoms with Crippen molar-refractivity contribution >= 4 is 22.7 Å². The maximum absolute atomic E-state index is 13.8. The molecule has 4 aromatic rings. The van der Waals surface area contributed by atoms with Gasteiger partial charge in [0.2, 0.25) is 11.8 Å². The fourth-order valence-corrected chi connectivity index (χ4v) is 5.10. The van der Waals surface area contributed by atoms with Crippen molar-refractivity contribution in [3.63, 3.8) is 0 Å². The Bertz CT molecular complexity index is 1450. The predicted octanol–water partition coefficient (Wildman–Crippen LogP) is 6.43. The zero-order valence-electron chi connectivity index (χ0n) is 23.9. The van der Waals surface area contributed by atoms with Crippen LogP contribution in [0.1, 0.15) is 41.5 Å². The van der Waals surface area contributed by atoms with E-state index in [2.05, 4.69) is 4.98 Å². The minimum absolute atomic E-state index is 0.113. The molecule has 0 saturated heterocycles. The van der Waals surface area contributed by atoms with Gasteiger partial charge in [-0.2, -0.15) is 13.2 Å². The molecule has 3 aromatic carbocycles. The van der Waals surface area contributed by atoms with E-state index in [1.165, 1.54) is 24.1 Å². The minimum Gasteiger partial charge on any atom is -0.383 e. The summed E-state index contributed by atoms with van der Waals surface area (Å²) in [6.45, 7) is 2.70. The highest BCUT2D eigenvalue weighted by Gasteiger charge is 2.30. The SMILES string of the molecule is CCC(C(=O)N(CCOC)CC(=O)N(CCc1c[nH]c2ccccc12)Cc1ccc(C(F)(F)F)cc1)c1ccccc1. The molecular formula is C33H36F3N3O3. The first kappa shape index (κ1) is 30.8. The molecule has 4 rings (SSSR count). The lowest BCUT2D eigenvalue weighted by atomic mass is 9.95. The molecule has 1 aromatic heterocycles. The maximum Gasteiger partial charge on any atom is 0.416 e. The van der Waals surface area contributed by atoms with E-state index in [1.807, 2.05) is 67.7 Å². The van der Waals surface area contributed by atoms with E-state index in [1.54, 1.807) is 4.90 Å². The normalized spacial score (nSPS) is 12.3. The molecule has 6 nitrogen and oxygen atoms in total. The van der Waals surface area contributed by atoms with Crippen molar-refractivity contribution in [2.24, 2.45) is 0 Å². The minimum atomic E-state index is -4.44. The molecule has 222 valence electrons. The van der Waals surface area contributed by atoms with Crippen molar-refractivity contribution < 1.29 is 27.5 Å². The number of amides is 2. The molecule has 0 aliphatic carbocycles. The number of aromatic amines is 1. The van der Waals surface area contributed by atoms with Crippen molar-refractivity contribution in [1.82, 2.24) is 14.8 Å². The van der Waals surface area contributed by atoms with Crippen LogP contribution in [0, 0.1) is 0 Å². The summed E-state index contributed by atoms with van der Waals surface area (Å²) < 4.78 is 44.7. The van der Waals surface area contributed by atoms with Crippen molar-refractivity contribution in [3.05, 3.63) is 107 Å². The molecule has 0 radical (unpaired) electrons. The van der Waals surface area contributed by atoms with Crippen LogP contribution in [0.2, 0.25) is 0 Å². The lowest BCUT2D eigenvalue weighted by Gasteiger charge is -2.30. The Balaban J connectivity index is 1.57. The number of rotatable bonds is 13. The Morgan fingerprint density at radius 3 is 2.26 bits per heavy atom. The van der Waals surface area contributed by atoms with Gasteiger partial charge < -0.3 is 19.5 Å². The average molecular weight is 580 g/mol. The van der Waals surface area contributed by atoms with E-state index in [9.17, 15) is 22.8 Å². The van der Waals surface area contributed by atoms with Crippen LogP contribution in [0.15, 0.2) is 85.1 Å². The maximum atomic E-state index is 13.8. The van der Waals surface area contributed by atoms with Crippen molar-refractivity contribution in [2.45, 2.75) is 38.4 Å². The van der Waals surface area contributed by atoms with Gasteiger partial charge >= 0.3 is 6.18 Å². The highest BCUT2D eigenvalue weighted by molar-refractivity contribution is 5.89. The van der Waals surface area contributed by atoms with Gasteiger partial charge in [0.05, 0.1) is 24.6 Å². The number of fused-ring (bicyclic) bond motifs is 1. The highest BCUT2D eigenvalue weighted by atomic mass is 19.4. The summed E-state index contributed by atoms with van der Waals surface area (Å²) in [7, 11) is 1.54. The quantitative estimate of drug-likeness (QED) is 0.199. The lowest BCUT2D eigenvalue weighted by Crippen LogP contribution is -2.46. The third-order valence-electron chi connectivity index (χ3n) is 7.44. The van der Waals surface area contributed by atoms with Gasteiger partial charge in [0.25, 0.3) is 0 Å². The van der Waals surface area contributed by atoms with Crippen LogP contribution in [0.25, 0.3) is 10.9 Å². The molecule has 0 bridgehead atoms. The topological polar surface area (TPSA) is 65.6 Å². The van der Waals surface area contributed by atoms with E-state index >= 15 is 0 Å². The van der Waals surface area contributed by atoms with E-state index in [-0.39, 0.29) is 38.1 Å². The Labute approximate surface area is 244 Å². The van der Waals surface area contributed by atoms with Gasteiger partial charge in [0, 0.05) is 43.8 Å². The van der Waals surface area contributed by atoms with E-state index < -0.39 is 17.7 Å². The molecule has 0 fully saturated rings. The van der Waals surface area contributed by atoms with Gasteiger partial charge in [-0.3, -0.25) is 9.59 Å². The summed E-state index contributed by atoms with van der Waals surface area (Å²) in [6, 6.07) is 22.2. The molecule has 42 heavy (non-hydrogen) atoms. The Kier molecular flexibility index (Phi) is 10.4. The summed E-state index contributed by atoms with van der Waals surface area (Å²) in [4.78, 5) is 33.9. The number of methoxy groups -OCH3 is 1. The van der Waals surface area contributed by atoms with Gasteiger partial charge in [0.15, 0.2) is 0 Å². The molecule has 1 N–H and O–H groups in total. The summed E-state index contributed by atoms with van der Waals surface area (Å²) in [5, 5.41) is 1.05. The number of aromatic nitrogens is 1. The number of ether oxygens (including phenoxy) is 1. The monoisotopic (exact) mass is 579 g/mol. The molecule has 1 heterocycles. The van der Waals surface area contributed by atoms with Crippen LogP contribution in [0.4, 0.5) is 13.2 Å². The number of benzene rings is 3. The van der Waals surface area contributed by atoms with Gasteiger partial charge in [-0.25, -0.2) is 0 Å². The first-order valence-electron chi connectivity index (χ1n) is 14.0. The molecule has 1 unspecified atom stereocenters. The van der Waals surface area contributed by atoms with Crippen LogP contribution in [-0.2, 0) is 33.5 Å². The number of halogens is 3. The number of hydrogen-bond acceptors (Lipinski definition) is 3. The van der Waals surface area contributed by atoms with Gasteiger partial charge in [-0.15, -0.1) is 0 Å². The fraction of sp³-hybridized carbons (Fsp3) is 0.333. The number of nitrogens with one attached hydrogen (secondary N) is 1. The smallest absolute Gasteiger partial charge is 0.383 e. The number of nitrogens with zero attached hydrogens (tertiary/aromatic N) is 2. The van der Waals surface area contributed by atoms with Gasteiger partial charge in [-0.1, -0.05) is 67.6 Å². The number of H-pyrrole nitrogens is 1. The molecule has 2 amide bonds. The molecule has 1 atom stereocenters. The largest absolute Gasteiger partial charge is 0.416 e. The van der Waals surface area contributed by atoms with E-state index in [4.69, 9.17) is 4.74 Å². The van der Waals surface area contributed by atoms with E-state index in [0.717, 1.165) is 34.2 Å². The second kappa shape index (κ2) is 14.2. The zero-order chi connectivity index (χ0) is 30.1. The lowest BCUT2D eigenvalue weighted by molar-refractivity contribution is -0.142. The Morgan fingerprint density at radius 1 is 0.905 bits per heavy atom. The third-order valence-corrected chi connectivity index (χ3v) is 7.44. The van der Waals surface area contributed by atoms with Crippen molar-refractivity contribution in [3.8, 4) is 0 Å². The highest BCUT2D eigenvalue weighted by Crippen LogP contribution is 2.29. The Morgan fingerprint density at radius 2 is 1.60 bits per heavy atom. The standard InChI is InChI=1S/C33H36F3N3O3/c1-3-28(25-9-5-4-6-10-25)32(41)39(19-20-42-2)23-31(40)38(22-24-13-15-27(16-14-24)33(34,35)36)18-17-26-21-37-30-12-8-7-11-29(26)30/h4-16,21,28,37H,3,17-20,22-23H2,1-2H3. The summed E-state index contributed by atoms with van der Waals surface area (Å²) in [5.74, 6) is -0.868. The molecule has 9 heteroatoms.